The number of carbonyl (C=O) groups excluding carboxylic acids is 1. The number of hydrogen-bond acceptors (Lipinski definition) is 5. The van der Waals surface area contributed by atoms with E-state index < -0.39 is 11.9 Å². The van der Waals surface area contributed by atoms with Crippen LogP contribution in [0, 0.1) is 13.8 Å². The van der Waals surface area contributed by atoms with Gasteiger partial charge in [-0.2, -0.15) is 18.3 Å². The topological polar surface area (TPSA) is 86.8 Å². The first kappa shape index (κ1) is 21.8. The van der Waals surface area contributed by atoms with Crippen molar-refractivity contribution in [2.24, 2.45) is 0 Å². The van der Waals surface area contributed by atoms with Gasteiger partial charge >= 0.3 is 6.18 Å². The minimum absolute atomic E-state index is 0.0777. The quantitative estimate of drug-likeness (QED) is 0.637. The molecule has 0 spiro atoms. The summed E-state index contributed by atoms with van der Waals surface area (Å²) >= 11 is 0. The molecule has 1 aliphatic heterocycles. The van der Waals surface area contributed by atoms with Crippen LogP contribution in [0.3, 0.4) is 0 Å². The number of rotatable bonds is 4. The highest BCUT2D eigenvalue weighted by Crippen LogP contribution is 2.30. The number of carbonyl (C=O) groups is 1. The Morgan fingerprint density at radius 3 is 2.59 bits per heavy atom. The van der Waals surface area contributed by atoms with E-state index in [1.54, 1.807) is 4.90 Å². The molecule has 1 aliphatic rings. The summed E-state index contributed by atoms with van der Waals surface area (Å²) in [6, 6.07) is 8.66. The molecular weight excluding hydrogens is 421 g/mol. The largest absolute Gasteiger partial charge is 0.433 e. The normalized spacial score (nSPS) is 15.1. The lowest BCUT2D eigenvalue weighted by molar-refractivity contribution is -0.141. The van der Waals surface area contributed by atoms with E-state index in [4.69, 9.17) is 0 Å². The Labute approximate surface area is 183 Å². The molecule has 1 aromatic carbocycles. The average Bonchev–Trinajstić information content (AvgIpc) is 3.23. The van der Waals surface area contributed by atoms with Gasteiger partial charge in [0.1, 0.15) is 17.3 Å². The number of aryl methyl sites for hydroxylation is 2. The second-order valence-electron chi connectivity index (χ2n) is 7.92. The third-order valence-corrected chi connectivity index (χ3v) is 5.46. The van der Waals surface area contributed by atoms with Crippen molar-refractivity contribution in [3.05, 3.63) is 59.2 Å². The van der Waals surface area contributed by atoms with E-state index in [0.717, 1.165) is 17.2 Å². The molecule has 1 amide bonds. The molecule has 1 fully saturated rings. The second kappa shape index (κ2) is 8.60. The fraction of sp³-hybridized carbons (Fsp3) is 0.364. The Morgan fingerprint density at radius 1 is 1.16 bits per heavy atom. The molecular formula is C22H23F3N6O. The number of halogens is 3. The Kier molecular flexibility index (Phi) is 5.86. The third kappa shape index (κ3) is 4.74. The van der Waals surface area contributed by atoms with Gasteiger partial charge in [0.05, 0.1) is 17.5 Å². The summed E-state index contributed by atoms with van der Waals surface area (Å²) in [6.07, 6.45) is -1.83. The van der Waals surface area contributed by atoms with Crippen LogP contribution in [-0.4, -0.2) is 45.2 Å². The highest BCUT2D eigenvalue weighted by Gasteiger charge is 2.34. The number of alkyl halides is 3. The first-order valence-electron chi connectivity index (χ1n) is 10.3. The van der Waals surface area contributed by atoms with Gasteiger partial charge in [-0.1, -0.05) is 23.8 Å². The fourth-order valence-electron chi connectivity index (χ4n) is 3.85. The predicted molar refractivity (Wildman–Crippen MR) is 113 cm³/mol. The number of H-pyrrole nitrogens is 1. The Balaban J connectivity index is 1.41. The Hall–Kier alpha value is -3.43. The average molecular weight is 444 g/mol. The number of anilines is 1. The van der Waals surface area contributed by atoms with Crippen LogP contribution in [0.1, 0.15) is 40.3 Å². The van der Waals surface area contributed by atoms with Gasteiger partial charge in [-0.15, -0.1) is 0 Å². The summed E-state index contributed by atoms with van der Waals surface area (Å²) < 4.78 is 39.2. The van der Waals surface area contributed by atoms with Crippen LogP contribution in [0.25, 0.3) is 11.3 Å². The number of amides is 1. The summed E-state index contributed by atoms with van der Waals surface area (Å²) in [7, 11) is 0. The molecule has 10 heteroatoms. The van der Waals surface area contributed by atoms with Crippen LogP contribution in [0.15, 0.2) is 36.5 Å². The molecule has 168 valence electrons. The zero-order chi connectivity index (χ0) is 22.9. The van der Waals surface area contributed by atoms with Crippen LogP contribution in [0.5, 0.6) is 0 Å². The summed E-state index contributed by atoms with van der Waals surface area (Å²) in [5, 5.41) is 9.95. The highest BCUT2D eigenvalue weighted by molar-refractivity contribution is 5.99. The molecule has 2 N–H and O–H groups in total. The molecule has 3 aromatic rings. The summed E-state index contributed by atoms with van der Waals surface area (Å²) in [6.45, 7) is 4.39. The number of aromatic amines is 1. The summed E-state index contributed by atoms with van der Waals surface area (Å²) in [5.74, 6) is 0.103. The van der Waals surface area contributed by atoms with Crippen molar-refractivity contribution in [2.45, 2.75) is 38.9 Å². The number of aromatic nitrogens is 4. The monoisotopic (exact) mass is 444 g/mol. The molecule has 7 nitrogen and oxygen atoms in total. The van der Waals surface area contributed by atoms with Crippen LogP contribution >= 0.6 is 0 Å². The van der Waals surface area contributed by atoms with Crippen molar-refractivity contribution in [3.63, 3.8) is 0 Å². The minimum Gasteiger partial charge on any atom is -0.356 e. The maximum Gasteiger partial charge on any atom is 0.433 e. The van der Waals surface area contributed by atoms with E-state index in [9.17, 15) is 18.0 Å². The van der Waals surface area contributed by atoms with Gasteiger partial charge in [-0.3, -0.25) is 9.89 Å². The molecule has 1 saturated heterocycles. The van der Waals surface area contributed by atoms with Crippen molar-refractivity contribution in [3.8, 4) is 11.3 Å². The standard InChI is InChI=1S/C22H23F3N6O/c1-13-4-3-5-15(10-13)20-17(12-26-30-20)21(32)29-16-6-8-31(9-7-16)19-11-18(22(23,24)25)27-14(2)28-19/h3-5,10-12,16H,6-9H2,1-2H3,(H,26,30)(H,29,32). The van der Waals surface area contributed by atoms with E-state index in [1.165, 1.54) is 13.1 Å². The number of nitrogens with one attached hydrogen (secondary N) is 2. The summed E-state index contributed by atoms with van der Waals surface area (Å²) in [5.41, 5.74) is 2.12. The van der Waals surface area contributed by atoms with Crippen molar-refractivity contribution < 1.29 is 18.0 Å². The van der Waals surface area contributed by atoms with Gasteiger partial charge in [0.25, 0.3) is 5.91 Å². The van der Waals surface area contributed by atoms with Gasteiger partial charge in [0, 0.05) is 30.8 Å². The lowest BCUT2D eigenvalue weighted by Gasteiger charge is -2.33. The Bertz CT molecular complexity index is 1120. The molecule has 32 heavy (non-hydrogen) atoms. The SMILES string of the molecule is Cc1cccc(-c2[nH]ncc2C(=O)NC2CCN(c3cc(C(F)(F)F)nc(C)n3)CC2)c1. The highest BCUT2D eigenvalue weighted by atomic mass is 19.4. The van der Waals surface area contributed by atoms with Gasteiger partial charge in [0.15, 0.2) is 0 Å². The molecule has 4 rings (SSSR count). The maximum absolute atomic E-state index is 13.1. The zero-order valence-electron chi connectivity index (χ0n) is 17.7. The molecule has 0 radical (unpaired) electrons. The smallest absolute Gasteiger partial charge is 0.356 e. The minimum atomic E-state index is -4.52. The van der Waals surface area contributed by atoms with Crippen LogP contribution < -0.4 is 10.2 Å². The third-order valence-electron chi connectivity index (χ3n) is 5.46. The van der Waals surface area contributed by atoms with Crippen LogP contribution in [0.2, 0.25) is 0 Å². The lowest BCUT2D eigenvalue weighted by atomic mass is 10.0. The molecule has 0 atom stereocenters. The molecule has 2 aromatic heterocycles. The van der Waals surface area contributed by atoms with Gasteiger partial charge in [0.2, 0.25) is 0 Å². The maximum atomic E-state index is 13.1. The van der Waals surface area contributed by atoms with Crippen LogP contribution in [0.4, 0.5) is 19.0 Å². The van der Waals surface area contributed by atoms with E-state index in [1.807, 2.05) is 31.2 Å². The first-order chi connectivity index (χ1) is 15.2. The van der Waals surface area contributed by atoms with Crippen molar-refractivity contribution in [2.75, 3.05) is 18.0 Å². The van der Waals surface area contributed by atoms with E-state index in [0.29, 0.717) is 37.2 Å². The fourth-order valence-corrected chi connectivity index (χ4v) is 3.85. The molecule has 0 saturated carbocycles. The van der Waals surface area contributed by atoms with E-state index >= 15 is 0 Å². The van der Waals surface area contributed by atoms with E-state index in [-0.39, 0.29) is 23.6 Å². The summed E-state index contributed by atoms with van der Waals surface area (Å²) in [4.78, 5) is 22.3. The number of benzene rings is 1. The van der Waals surface area contributed by atoms with Crippen molar-refractivity contribution in [1.29, 1.82) is 0 Å². The lowest BCUT2D eigenvalue weighted by Crippen LogP contribution is -2.45. The van der Waals surface area contributed by atoms with Crippen molar-refractivity contribution in [1.82, 2.24) is 25.5 Å². The molecule has 0 bridgehead atoms. The molecule has 0 unspecified atom stereocenters. The Morgan fingerprint density at radius 2 is 1.91 bits per heavy atom. The number of hydrogen-bond donors (Lipinski definition) is 2. The second-order valence-corrected chi connectivity index (χ2v) is 7.92. The predicted octanol–water partition coefficient (Wildman–Crippen LogP) is 3.90. The number of piperidine rings is 1. The zero-order valence-corrected chi connectivity index (χ0v) is 17.7. The molecule has 3 heterocycles. The van der Waals surface area contributed by atoms with E-state index in [2.05, 4.69) is 25.5 Å². The molecule has 0 aliphatic carbocycles. The van der Waals surface area contributed by atoms with Crippen molar-refractivity contribution >= 4 is 11.7 Å². The van der Waals surface area contributed by atoms with Gasteiger partial charge in [-0.05, 0) is 32.8 Å². The van der Waals surface area contributed by atoms with Crippen LogP contribution in [-0.2, 0) is 6.18 Å². The number of nitrogens with zero attached hydrogens (tertiary/aromatic N) is 4. The first-order valence-corrected chi connectivity index (χ1v) is 10.3. The van der Waals surface area contributed by atoms with Gasteiger partial charge in [-0.25, -0.2) is 9.97 Å². The van der Waals surface area contributed by atoms with Gasteiger partial charge < -0.3 is 10.2 Å².